The van der Waals surface area contributed by atoms with E-state index in [4.69, 9.17) is 9.47 Å². The number of hydrogen-bond donors (Lipinski definition) is 1. The number of hydrogen-bond acceptors (Lipinski definition) is 6. The van der Waals surface area contributed by atoms with E-state index in [-0.39, 0.29) is 6.10 Å². The molecule has 1 aliphatic heterocycles. The van der Waals surface area contributed by atoms with Gasteiger partial charge < -0.3 is 14.8 Å². The molecule has 4 rings (SSSR count). The van der Waals surface area contributed by atoms with Crippen molar-refractivity contribution in [3.63, 3.8) is 0 Å². The van der Waals surface area contributed by atoms with Crippen molar-refractivity contribution in [1.82, 2.24) is 9.97 Å². The maximum absolute atomic E-state index is 5.69. The lowest BCUT2D eigenvalue weighted by atomic mass is 10.2. The minimum absolute atomic E-state index is 0.0660. The fourth-order valence-electron chi connectivity index (χ4n) is 2.77. The maximum Gasteiger partial charge on any atom is 0.138 e. The number of anilines is 1. The Bertz CT molecular complexity index is 829. The molecule has 1 aliphatic rings. The monoisotopic (exact) mass is 341 g/mol. The number of rotatable bonds is 4. The van der Waals surface area contributed by atoms with Gasteiger partial charge in [-0.25, -0.2) is 9.97 Å². The van der Waals surface area contributed by atoms with Crippen LogP contribution in [0.3, 0.4) is 0 Å². The summed E-state index contributed by atoms with van der Waals surface area (Å²) >= 11 is 1.69. The zero-order valence-corrected chi connectivity index (χ0v) is 14.3. The zero-order chi connectivity index (χ0) is 16.4. The van der Waals surface area contributed by atoms with Crippen LogP contribution in [0.5, 0.6) is 0 Å². The van der Waals surface area contributed by atoms with Gasteiger partial charge in [0.15, 0.2) is 0 Å². The van der Waals surface area contributed by atoms with Crippen LogP contribution in [0.15, 0.2) is 36.4 Å². The summed E-state index contributed by atoms with van der Waals surface area (Å²) in [5.74, 6) is 1.64. The summed E-state index contributed by atoms with van der Waals surface area (Å²) in [7, 11) is 0. The van der Waals surface area contributed by atoms with Crippen molar-refractivity contribution in [2.75, 3.05) is 31.7 Å². The molecular weight excluding hydrogens is 322 g/mol. The number of aryl methyl sites for hydroxylation is 1. The van der Waals surface area contributed by atoms with E-state index in [0.717, 1.165) is 21.9 Å². The second-order valence-electron chi connectivity index (χ2n) is 5.76. The molecule has 3 heterocycles. The third kappa shape index (κ3) is 3.26. The topological polar surface area (TPSA) is 56.3 Å². The molecule has 3 aromatic rings. The van der Waals surface area contributed by atoms with Crippen molar-refractivity contribution < 1.29 is 9.47 Å². The minimum Gasteiger partial charge on any atom is -0.376 e. The molecule has 0 bridgehead atoms. The third-order valence-electron chi connectivity index (χ3n) is 3.94. The van der Waals surface area contributed by atoms with Crippen molar-refractivity contribution in [3.05, 3.63) is 42.2 Å². The highest BCUT2D eigenvalue weighted by Crippen LogP contribution is 2.35. The normalized spacial score (nSPS) is 18.0. The summed E-state index contributed by atoms with van der Waals surface area (Å²) in [6.45, 7) is 4.56. The molecule has 0 aliphatic carbocycles. The first-order chi connectivity index (χ1) is 11.8. The van der Waals surface area contributed by atoms with Crippen LogP contribution in [0.25, 0.3) is 20.7 Å². The van der Waals surface area contributed by atoms with E-state index in [1.54, 1.807) is 11.3 Å². The molecule has 5 nitrogen and oxygen atoms in total. The first-order valence-corrected chi connectivity index (χ1v) is 8.88. The van der Waals surface area contributed by atoms with E-state index in [9.17, 15) is 0 Å². The predicted octanol–water partition coefficient (Wildman–Crippen LogP) is 3.49. The van der Waals surface area contributed by atoms with Crippen molar-refractivity contribution in [1.29, 1.82) is 0 Å². The molecule has 0 radical (unpaired) electrons. The second-order valence-corrected chi connectivity index (χ2v) is 6.79. The van der Waals surface area contributed by atoms with Gasteiger partial charge in [-0.3, -0.25) is 0 Å². The summed E-state index contributed by atoms with van der Waals surface area (Å²) in [5, 5.41) is 4.47. The van der Waals surface area contributed by atoms with Gasteiger partial charge in [-0.1, -0.05) is 30.3 Å². The van der Waals surface area contributed by atoms with Crippen LogP contribution >= 0.6 is 11.3 Å². The van der Waals surface area contributed by atoms with Crippen LogP contribution < -0.4 is 5.32 Å². The average Bonchev–Trinajstić information content (AvgIpc) is 3.05. The molecular formula is C18H19N3O2S. The minimum atomic E-state index is 0.0660. The van der Waals surface area contributed by atoms with E-state index in [2.05, 4.69) is 45.6 Å². The van der Waals surface area contributed by atoms with E-state index in [1.165, 1.54) is 10.4 Å². The quantitative estimate of drug-likeness (QED) is 0.787. The fourth-order valence-corrected chi connectivity index (χ4v) is 3.85. The lowest BCUT2D eigenvalue weighted by Gasteiger charge is -2.23. The number of thiophene rings is 1. The Hall–Kier alpha value is -2.02. The lowest BCUT2D eigenvalue weighted by Crippen LogP contribution is -2.34. The van der Waals surface area contributed by atoms with E-state index in [0.29, 0.717) is 26.4 Å². The van der Waals surface area contributed by atoms with Gasteiger partial charge in [0.25, 0.3) is 0 Å². The molecule has 6 heteroatoms. The second kappa shape index (κ2) is 6.84. The van der Waals surface area contributed by atoms with Gasteiger partial charge in [-0.05, 0) is 18.6 Å². The van der Waals surface area contributed by atoms with Crippen LogP contribution in [0.4, 0.5) is 5.82 Å². The summed E-state index contributed by atoms with van der Waals surface area (Å²) in [5.41, 5.74) is 1.20. The number of nitrogens with zero attached hydrogens (tertiary/aromatic N) is 2. The van der Waals surface area contributed by atoms with Crippen LogP contribution in [0.1, 0.15) is 5.82 Å². The smallest absolute Gasteiger partial charge is 0.138 e. The van der Waals surface area contributed by atoms with Gasteiger partial charge in [0.2, 0.25) is 0 Å². The van der Waals surface area contributed by atoms with Gasteiger partial charge in [0.05, 0.1) is 31.3 Å². The molecule has 0 amide bonds. The standard InChI is InChI=1S/C18H19N3O2S/c1-12-20-17(19-10-14-11-22-7-8-23-14)15-9-16(24-18(15)21-12)13-5-3-2-4-6-13/h2-6,9,14H,7-8,10-11H2,1H3,(H,19,20,21)/t14-/m1/s1. The molecule has 2 aromatic heterocycles. The highest BCUT2D eigenvalue weighted by molar-refractivity contribution is 7.21. The Balaban J connectivity index is 1.63. The Kier molecular flexibility index (Phi) is 4.42. The molecule has 24 heavy (non-hydrogen) atoms. The highest BCUT2D eigenvalue weighted by atomic mass is 32.1. The average molecular weight is 341 g/mol. The molecule has 124 valence electrons. The molecule has 1 saturated heterocycles. The van der Waals surface area contributed by atoms with Gasteiger partial charge in [0.1, 0.15) is 16.5 Å². The Labute approximate surface area is 144 Å². The van der Waals surface area contributed by atoms with Crippen molar-refractivity contribution in [2.45, 2.75) is 13.0 Å². The van der Waals surface area contributed by atoms with E-state index < -0.39 is 0 Å². The molecule has 1 atom stereocenters. The van der Waals surface area contributed by atoms with Gasteiger partial charge >= 0.3 is 0 Å². The first kappa shape index (κ1) is 15.5. The fraction of sp³-hybridized carbons (Fsp3) is 0.333. The maximum atomic E-state index is 5.69. The zero-order valence-electron chi connectivity index (χ0n) is 13.5. The summed E-state index contributed by atoms with van der Waals surface area (Å²) in [4.78, 5) is 11.4. The molecule has 0 saturated carbocycles. The van der Waals surface area contributed by atoms with Gasteiger partial charge in [-0.15, -0.1) is 11.3 Å². The lowest BCUT2D eigenvalue weighted by molar-refractivity contribution is -0.0819. The van der Waals surface area contributed by atoms with Crippen LogP contribution in [-0.2, 0) is 9.47 Å². The number of fused-ring (bicyclic) bond motifs is 1. The van der Waals surface area contributed by atoms with Gasteiger partial charge in [-0.2, -0.15) is 0 Å². The largest absolute Gasteiger partial charge is 0.376 e. The summed E-state index contributed by atoms with van der Waals surface area (Å²) in [6, 6.07) is 12.5. The van der Waals surface area contributed by atoms with Crippen LogP contribution in [0.2, 0.25) is 0 Å². The number of ether oxygens (including phenoxy) is 2. The Morgan fingerprint density at radius 1 is 1.21 bits per heavy atom. The van der Waals surface area contributed by atoms with Crippen molar-refractivity contribution in [3.8, 4) is 10.4 Å². The Morgan fingerprint density at radius 3 is 2.88 bits per heavy atom. The molecule has 1 aromatic carbocycles. The SMILES string of the molecule is Cc1nc(NC[C@@H]2COCCO2)c2cc(-c3ccccc3)sc2n1. The predicted molar refractivity (Wildman–Crippen MR) is 96.6 cm³/mol. The summed E-state index contributed by atoms with van der Waals surface area (Å²) in [6.07, 6.45) is 0.0660. The van der Waals surface area contributed by atoms with Gasteiger partial charge in [0, 0.05) is 11.4 Å². The molecule has 1 fully saturated rings. The number of aromatic nitrogens is 2. The van der Waals surface area contributed by atoms with Crippen molar-refractivity contribution in [2.24, 2.45) is 0 Å². The Morgan fingerprint density at radius 2 is 2.08 bits per heavy atom. The van der Waals surface area contributed by atoms with Crippen LogP contribution in [-0.4, -0.2) is 42.4 Å². The molecule has 1 N–H and O–H groups in total. The van der Waals surface area contributed by atoms with Crippen molar-refractivity contribution >= 4 is 27.4 Å². The molecule has 0 unspecified atom stereocenters. The highest BCUT2D eigenvalue weighted by Gasteiger charge is 2.16. The first-order valence-electron chi connectivity index (χ1n) is 8.06. The number of nitrogens with one attached hydrogen (secondary N) is 1. The van der Waals surface area contributed by atoms with E-state index in [1.807, 2.05) is 13.0 Å². The number of benzene rings is 1. The molecule has 0 spiro atoms. The van der Waals surface area contributed by atoms with E-state index >= 15 is 0 Å². The van der Waals surface area contributed by atoms with Crippen LogP contribution in [0, 0.1) is 6.92 Å². The summed E-state index contributed by atoms with van der Waals surface area (Å²) < 4.78 is 11.1. The third-order valence-corrected chi connectivity index (χ3v) is 5.02.